The summed E-state index contributed by atoms with van der Waals surface area (Å²) in [6, 6.07) is 11.1. The largest absolute Gasteiger partial charge is 0.493 e. The van der Waals surface area contributed by atoms with Gasteiger partial charge in [-0.3, -0.25) is 9.69 Å². The molecule has 0 amide bonds. The molecule has 0 aromatic heterocycles. The first-order valence-electron chi connectivity index (χ1n) is 9.72. The molecule has 1 atom stereocenters. The molecular formula is C22H25F3N2O3. The van der Waals surface area contributed by atoms with Crippen LogP contribution < -0.4 is 14.4 Å². The molecule has 0 radical (unpaired) electrons. The molecule has 0 spiro atoms. The van der Waals surface area contributed by atoms with Crippen molar-refractivity contribution < 1.29 is 27.4 Å². The van der Waals surface area contributed by atoms with Crippen LogP contribution in [0.1, 0.15) is 31.0 Å². The van der Waals surface area contributed by atoms with E-state index in [4.69, 9.17) is 9.47 Å². The molecule has 1 unspecified atom stereocenters. The molecule has 8 heteroatoms. The Hall–Kier alpha value is -2.74. The summed E-state index contributed by atoms with van der Waals surface area (Å²) in [6.45, 7) is 5.62. The number of nitrogens with zero attached hydrogens (tertiary/aromatic N) is 2. The summed E-state index contributed by atoms with van der Waals surface area (Å²) in [5.74, 6) is 0.395. The molecule has 5 nitrogen and oxygen atoms in total. The van der Waals surface area contributed by atoms with Crippen LogP contribution in [0.15, 0.2) is 42.5 Å². The third kappa shape index (κ3) is 4.87. The van der Waals surface area contributed by atoms with Gasteiger partial charge in [-0.05, 0) is 36.8 Å². The summed E-state index contributed by atoms with van der Waals surface area (Å²) in [7, 11) is 1.51. The maximum Gasteiger partial charge on any atom is 0.418 e. The summed E-state index contributed by atoms with van der Waals surface area (Å²) in [5.41, 5.74) is 0.605. The van der Waals surface area contributed by atoms with E-state index in [1.165, 1.54) is 26.2 Å². The van der Waals surface area contributed by atoms with Crippen LogP contribution in [0.5, 0.6) is 11.5 Å². The van der Waals surface area contributed by atoms with Gasteiger partial charge in [0, 0.05) is 44.8 Å². The van der Waals surface area contributed by atoms with E-state index in [0.29, 0.717) is 37.7 Å². The molecular weight excluding hydrogens is 397 g/mol. The lowest BCUT2D eigenvalue weighted by molar-refractivity contribution is -0.137. The standard InChI is InChI=1S/C22H25F3N2O3/c1-15(17-8-9-20(30-16(2)28)21(14-17)29-3)26-10-12-27(13-11-26)19-7-5-4-6-18(19)22(23,24)25/h4-9,14-15H,10-13H2,1-3H3. The first-order chi connectivity index (χ1) is 14.2. The van der Waals surface area contributed by atoms with Crippen LogP contribution in [0.4, 0.5) is 18.9 Å². The van der Waals surface area contributed by atoms with Crippen molar-refractivity contribution in [1.82, 2.24) is 4.90 Å². The Kier molecular flexibility index (Phi) is 6.55. The van der Waals surface area contributed by atoms with E-state index in [0.717, 1.165) is 11.6 Å². The molecule has 1 heterocycles. The molecule has 2 aromatic rings. The summed E-state index contributed by atoms with van der Waals surface area (Å²) in [5, 5.41) is 0. The van der Waals surface area contributed by atoms with Crippen LogP contribution in [0.3, 0.4) is 0 Å². The van der Waals surface area contributed by atoms with Gasteiger partial charge in [0.1, 0.15) is 0 Å². The molecule has 0 aliphatic carbocycles. The third-order valence-corrected chi connectivity index (χ3v) is 5.34. The number of carbonyl (C=O) groups excluding carboxylic acids is 1. The Morgan fingerprint density at radius 2 is 1.70 bits per heavy atom. The molecule has 2 aromatic carbocycles. The lowest BCUT2D eigenvalue weighted by atomic mass is 10.0. The van der Waals surface area contributed by atoms with Crippen molar-refractivity contribution in [3.8, 4) is 11.5 Å². The molecule has 1 saturated heterocycles. The molecule has 3 rings (SSSR count). The number of carbonyl (C=O) groups is 1. The first kappa shape index (κ1) is 22.0. The average molecular weight is 422 g/mol. The predicted molar refractivity (Wildman–Crippen MR) is 108 cm³/mol. The molecule has 162 valence electrons. The van der Waals surface area contributed by atoms with Crippen LogP contribution in [-0.2, 0) is 11.0 Å². The zero-order valence-corrected chi connectivity index (χ0v) is 17.2. The molecule has 1 aliphatic rings. The summed E-state index contributed by atoms with van der Waals surface area (Å²) < 4.78 is 50.5. The van der Waals surface area contributed by atoms with Gasteiger partial charge in [0.15, 0.2) is 11.5 Å². The number of hydrogen-bond donors (Lipinski definition) is 0. The highest BCUT2D eigenvalue weighted by atomic mass is 19.4. The fraction of sp³-hybridized carbons (Fsp3) is 0.409. The van der Waals surface area contributed by atoms with Crippen molar-refractivity contribution in [1.29, 1.82) is 0 Å². The van der Waals surface area contributed by atoms with Gasteiger partial charge in [-0.15, -0.1) is 0 Å². The number of ether oxygens (including phenoxy) is 2. The van der Waals surface area contributed by atoms with Crippen molar-refractivity contribution in [2.75, 3.05) is 38.2 Å². The number of para-hydroxylation sites is 1. The minimum atomic E-state index is -4.37. The van der Waals surface area contributed by atoms with E-state index >= 15 is 0 Å². The van der Waals surface area contributed by atoms with Gasteiger partial charge in [0.2, 0.25) is 0 Å². The topological polar surface area (TPSA) is 42.0 Å². The average Bonchev–Trinajstić information content (AvgIpc) is 2.72. The summed E-state index contributed by atoms with van der Waals surface area (Å²) in [6.07, 6.45) is -4.37. The Morgan fingerprint density at radius 1 is 1.03 bits per heavy atom. The van der Waals surface area contributed by atoms with Crippen molar-refractivity contribution >= 4 is 11.7 Å². The zero-order valence-electron chi connectivity index (χ0n) is 17.2. The monoisotopic (exact) mass is 422 g/mol. The number of benzene rings is 2. The number of anilines is 1. The molecule has 1 aliphatic heterocycles. The van der Waals surface area contributed by atoms with E-state index in [1.54, 1.807) is 17.0 Å². The smallest absolute Gasteiger partial charge is 0.418 e. The van der Waals surface area contributed by atoms with Gasteiger partial charge in [0.05, 0.1) is 12.7 Å². The van der Waals surface area contributed by atoms with Gasteiger partial charge in [-0.25, -0.2) is 0 Å². The van der Waals surface area contributed by atoms with Gasteiger partial charge in [-0.2, -0.15) is 13.2 Å². The van der Waals surface area contributed by atoms with Crippen LogP contribution in [0.25, 0.3) is 0 Å². The molecule has 0 N–H and O–H groups in total. The Balaban J connectivity index is 1.71. The van der Waals surface area contributed by atoms with E-state index in [2.05, 4.69) is 4.90 Å². The zero-order chi connectivity index (χ0) is 21.9. The summed E-state index contributed by atoms with van der Waals surface area (Å²) in [4.78, 5) is 15.2. The van der Waals surface area contributed by atoms with E-state index in [1.807, 2.05) is 19.1 Å². The number of piperazine rings is 1. The highest BCUT2D eigenvalue weighted by Crippen LogP contribution is 2.37. The minimum Gasteiger partial charge on any atom is -0.493 e. The van der Waals surface area contributed by atoms with Crippen molar-refractivity contribution in [2.24, 2.45) is 0 Å². The van der Waals surface area contributed by atoms with E-state index in [9.17, 15) is 18.0 Å². The maximum atomic E-state index is 13.3. The lowest BCUT2D eigenvalue weighted by Crippen LogP contribution is -2.47. The minimum absolute atomic E-state index is 0.0327. The predicted octanol–water partition coefficient (Wildman–Crippen LogP) is 4.52. The number of methoxy groups -OCH3 is 1. The van der Waals surface area contributed by atoms with Crippen molar-refractivity contribution in [3.05, 3.63) is 53.6 Å². The number of halogens is 3. The van der Waals surface area contributed by atoms with Gasteiger partial charge >= 0.3 is 12.1 Å². The fourth-order valence-electron chi connectivity index (χ4n) is 3.73. The third-order valence-electron chi connectivity index (χ3n) is 5.34. The van der Waals surface area contributed by atoms with Crippen LogP contribution >= 0.6 is 0 Å². The van der Waals surface area contributed by atoms with Crippen LogP contribution in [-0.4, -0.2) is 44.2 Å². The highest BCUT2D eigenvalue weighted by Gasteiger charge is 2.35. The van der Waals surface area contributed by atoms with Crippen LogP contribution in [0.2, 0.25) is 0 Å². The van der Waals surface area contributed by atoms with Gasteiger partial charge < -0.3 is 14.4 Å². The quantitative estimate of drug-likeness (QED) is 0.524. The second-order valence-corrected chi connectivity index (χ2v) is 7.22. The molecule has 30 heavy (non-hydrogen) atoms. The second-order valence-electron chi connectivity index (χ2n) is 7.22. The van der Waals surface area contributed by atoms with Gasteiger partial charge in [-0.1, -0.05) is 18.2 Å². The normalized spacial score (nSPS) is 16.3. The maximum absolute atomic E-state index is 13.3. The summed E-state index contributed by atoms with van der Waals surface area (Å²) >= 11 is 0. The van der Waals surface area contributed by atoms with Gasteiger partial charge in [0.25, 0.3) is 0 Å². The number of hydrogen-bond acceptors (Lipinski definition) is 5. The molecule has 1 fully saturated rings. The number of esters is 1. The van der Waals surface area contributed by atoms with E-state index < -0.39 is 17.7 Å². The SMILES string of the molecule is COc1cc(C(C)N2CCN(c3ccccc3C(F)(F)F)CC2)ccc1OC(C)=O. The molecule has 0 bridgehead atoms. The highest BCUT2D eigenvalue weighted by molar-refractivity contribution is 5.70. The lowest BCUT2D eigenvalue weighted by Gasteiger charge is -2.40. The fourth-order valence-corrected chi connectivity index (χ4v) is 3.73. The van der Waals surface area contributed by atoms with Crippen molar-refractivity contribution in [3.63, 3.8) is 0 Å². The Labute approximate surface area is 174 Å². The Bertz CT molecular complexity index is 893. The first-order valence-corrected chi connectivity index (χ1v) is 9.72. The number of rotatable bonds is 5. The Morgan fingerprint density at radius 3 is 2.30 bits per heavy atom. The van der Waals surface area contributed by atoms with Crippen LogP contribution in [0, 0.1) is 0 Å². The number of alkyl halides is 3. The second kappa shape index (κ2) is 8.95. The van der Waals surface area contributed by atoms with E-state index in [-0.39, 0.29) is 11.7 Å². The molecule has 0 saturated carbocycles. The van der Waals surface area contributed by atoms with Crippen molar-refractivity contribution in [2.45, 2.75) is 26.1 Å².